The van der Waals surface area contributed by atoms with Gasteiger partial charge < -0.3 is 23.8 Å². The fraction of sp³-hybridized carbons (Fsp3) is 0.500. The van der Waals surface area contributed by atoms with Crippen molar-refractivity contribution in [2.24, 2.45) is 5.92 Å². The van der Waals surface area contributed by atoms with Crippen LogP contribution in [0, 0.1) is 5.92 Å². The molecule has 9 nitrogen and oxygen atoms in total. The van der Waals surface area contributed by atoms with E-state index in [0.717, 1.165) is 25.2 Å². The molecule has 0 aromatic carbocycles. The Morgan fingerprint density at radius 2 is 1.21 bits per heavy atom. The van der Waals surface area contributed by atoms with E-state index in [9.17, 15) is 19.2 Å². The lowest BCUT2D eigenvalue weighted by Crippen LogP contribution is -2.34. The molecule has 0 heterocycles. The lowest BCUT2D eigenvalue weighted by molar-refractivity contribution is -0.149. The van der Waals surface area contributed by atoms with E-state index in [2.05, 4.69) is 18.1 Å². The molecule has 0 aliphatic carbocycles. The number of nitrogens with zero attached hydrogens (tertiary/aromatic N) is 1. The molecule has 0 rings (SSSR count). The Morgan fingerprint density at radius 3 is 1.67 bits per heavy atom. The molecule has 0 saturated carbocycles. The summed E-state index contributed by atoms with van der Waals surface area (Å²) in [5.74, 6) is -2.41. The average Bonchev–Trinajstić information content (AvgIpc) is 2.82. The van der Waals surface area contributed by atoms with Gasteiger partial charge in [-0.2, -0.15) is 0 Å². The van der Waals surface area contributed by atoms with Crippen LogP contribution in [0.3, 0.4) is 0 Å². The predicted octanol–water partition coefficient (Wildman–Crippen LogP) is 2.38. The Bertz CT molecular complexity index is 695. The van der Waals surface area contributed by atoms with Gasteiger partial charge in [0.2, 0.25) is 0 Å². The van der Waals surface area contributed by atoms with Gasteiger partial charge in [0, 0.05) is 25.1 Å². The van der Waals surface area contributed by atoms with Crippen molar-refractivity contribution in [1.82, 2.24) is 4.90 Å². The molecule has 0 aromatic heterocycles. The smallest absolute Gasteiger partial charge is 0.330 e. The van der Waals surface area contributed by atoms with Crippen molar-refractivity contribution >= 4 is 23.9 Å². The zero-order chi connectivity index (χ0) is 24.9. The van der Waals surface area contributed by atoms with Gasteiger partial charge in [-0.3, -0.25) is 9.59 Å². The molecule has 0 aromatic rings. The standard InChI is InChI=1S/C24H35NO8/c1-5-21(26)30-15-9-10-17-32-23(28)14-13-20(19-25(7-3)8-4)24(29)33-18-12-11-16-31-22(27)6-2/h5-6,9-12,20H,1-2,7-8,13-19H2,3-4H3/b10-9-,12-11-. The van der Waals surface area contributed by atoms with Crippen molar-refractivity contribution in [3.63, 3.8) is 0 Å². The van der Waals surface area contributed by atoms with Gasteiger partial charge in [-0.15, -0.1) is 0 Å². The molecule has 33 heavy (non-hydrogen) atoms. The third-order valence-corrected chi connectivity index (χ3v) is 4.38. The molecule has 0 fully saturated rings. The first kappa shape index (κ1) is 29.8. The summed E-state index contributed by atoms with van der Waals surface area (Å²) in [5, 5.41) is 0. The van der Waals surface area contributed by atoms with E-state index in [1.807, 2.05) is 13.8 Å². The summed E-state index contributed by atoms with van der Waals surface area (Å²) >= 11 is 0. The van der Waals surface area contributed by atoms with Crippen LogP contribution in [0.1, 0.15) is 26.7 Å². The van der Waals surface area contributed by atoms with E-state index < -0.39 is 29.8 Å². The monoisotopic (exact) mass is 465 g/mol. The Labute approximate surface area is 195 Å². The number of hydrogen-bond acceptors (Lipinski definition) is 9. The van der Waals surface area contributed by atoms with Crippen LogP contribution >= 0.6 is 0 Å². The Morgan fingerprint density at radius 1 is 0.758 bits per heavy atom. The summed E-state index contributed by atoms with van der Waals surface area (Å²) in [6, 6.07) is 0. The Kier molecular flexibility index (Phi) is 17.6. The first-order valence-electron chi connectivity index (χ1n) is 10.8. The minimum Gasteiger partial charge on any atom is -0.461 e. The maximum absolute atomic E-state index is 12.5. The molecule has 0 spiro atoms. The van der Waals surface area contributed by atoms with E-state index in [4.69, 9.17) is 18.9 Å². The van der Waals surface area contributed by atoms with E-state index >= 15 is 0 Å². The van der Waals surface area contributed by atoms with Crippen LogP contribution in [0.25, 0.3) is 0 Å². The largest absolute Gasteiger partial charge is 0.461 e. The van der Waals surface area contributed by atoms with Gasteiger partial charge in [-0.1, -0.05) is 27.0 Å². The van der Waals surface area contributed by atoms with Crippen molar-refractivity contribution in [3.05, 3.63) is 49.6 Å². The van der Waals surface area contributed by atoms with Gasteiger partial charge >= 0.3 is 23.9 Å². The van der Waals surface area contributed by atoms with Gasteiger partial charge in [-0.25, -0.2) is 9.59 Å². The van der Waals surface area contributed by atoms with E-state index in [-0.39, 0.29) is 39.3 Å². The second-order valence-corrected chi connectivity index (χ2v) is 6.65. The fourth-order valence-corrected chi connectivity index (χ4v) is 2.48. The first-order valence-corrected chi connectivity index (χ1v) is 10.8. The number of rotatable bonds is 18. The minimum atomic E-state index is -0.533. The van der Waals surface area contributed by atoms with Crippen LogP contribution in [0.4, 0.5) is 0 Å². The number of ether oxygens (including phenoxy) is 4. The van der Waals surface area contributed by atoms with Gasteiger partial charge in [0.15, 0.2) is 0 Å². The molecule has 0 radical (unpaired) electrons. The average molecular weight is 466 g/mol. The summed E-state index contributed by atoms with van der Waals surface area (Å²) < 4.78 is 19.9. The molecule has 0 aliphatic rings. The molecule has 184 valence electrons. The summed E-state index contributed by atoms with van der Waals surface area (Å²) in [5.41, 5.74) is 0. The highest BCUT2D eigenvalue weighted by Crippen LogP contribution is 2.12. The quantitative estimate of drug-likeness (QED) is 0.130. The van der Waals surface area contributed by atoms with Crippen LogP contribution < -0.4 is 0 Å². The Balaban J connectivity index is 4.50. The Hall–Kier alpha value is -3.20. The molecular weight excluding hydrogens is 430 g/mol. The number of carbonyl (C=O) groups is 4. The minimum absolute atomic E-state index is 0.0326. The molecule has 1 unspecified atom stereocenters. The topological polar surface area (TPSA) is 108 Å². The molecule has 0 saturated heterocycles. The number of hydrogen-bond donors (Lipinski definition) is 0. The van der Waals surface area contributed by atoms with Crippen LogP contribution in [0.2, 0.25) is 0 Å². The SMILES string of the molecule is C=CC(=O)OC/C=C\COC(=O)CCC(CN(CC)CC)C(=O)OC/C=C\COC(=O)C=C. The molecule has 0 N–H and O–H groups in total. The highest BCUT2D eigenvalue weighted by atomic mass is 16.5. The maximum atomic E-state index is 12.5. The lowest BCUT2D eigenvalue weighted by Gasteiger charge is -2.23. The van der Waals surface area contributed by atoms with Crippen LogP contribution in [-0.2, 0) is 38.1 Å². The molecular formula is C24H35NO8. The number of esters is 4. The highest BCUT2D eigenvalue weighted by molar-refractivity contribution is 5.81. The highest BCUT2D eigenvalue weighted by Gasteiger charge is 2.23. The van der Waals surface area contributed by atoms with Crippen LogP contribution in [0.15, 0.2) is 49.6 Å². The van der Waals surface area contributed by atoms with Crippen LogP contribution in [-0.4, -0.2) is 74.8 Å². The molecule has 0 aliphatic heterocycles. The van der Waals surface area contributed by atoms with Gasteiger partial charge in [0.1, 0.15) is 26.4 Å². The molecule has 0 amide bonds. The third kappa shape index (κ3) is 16.1. The van der Waals surface area contributed by atoms with Crippen molar-refractivity contribution in [1.29, 1.82) is 0 Å². The van der Waals surface area contributed by atoms with E-state index in [1.54, 1.807) is 24.3 Å². The zero-order valence-electron chi connectivity index (χ0n) is 19.5. The fourth-order valence-electron chi connectivity index (χ4n) is 2.48. The van der Waals surface area contributed by atoms with Crippen molar-refractivity contribution in [2.75, 3.05) is 46.1 Å². The van der Waals surface area contributed by atoms with Gasteiger partial charge in [0.25, 0.3) is 0 Å². The van der Waals surface area contributed by atoms with Crippen molar-refractivity contribution < 1.29 is 38.1 Å². The van der Waals surface area contributed by atoms with Gasteiger partial charge in [0.05, 0.1) is 5.92 Å². The summed E-state index contributed by atoms with van der Waals surface area (Å²) in [7, 11) is 0. The predicted molar refractivity (Wildman–Crippen MR) is 123 cm³/mol. The number of carbonyl (C=O) groups excluding carboxylic acids is 4. The lowest BCUT2D eigenvalue weighted by atomic mass is 10.0. The van der Waals surface area contributed by atoms with Crippen molar-refractivity contribution in [3.8, 4) is 0 Å². The second-order valence-electron chi connectivity index (χ2n) is 6.65. The summed E-state index contributed by atoms with van der Waals surface area (Å²) in [6.45, 7) is 12.7. The van der Waals surface area contributed by atoms with Crippen molar-refractivity contribution in [2.45, 2.75) is 26.7 Å². The molecule has 1 atom stereocenters. The normalized spacial score (nSPS) is 11.8. The van der Waals surface area contributed by atoms with E-state index in [1.165, 1.54) is 0 Å². The van der Waals surface area contributed by atoms with E-state index in [0.29, 0.717) is 6.54 Å². The third-order valence-electron chi connectivity index (χ3n) is 4.38. The van der Waals surface area contributed by atoms with Crippen LogP contribution in [0.5, 0.6) is 0 Å². The maximum Gasteiger partial charge on any atom is 0.330 e. The molecule has 0 bridgehead atoms. The zero-order valence-corrected chi connectivity index (χ0v) is 19.5. The first-order chi connectivity index (χ1) is 15.9. The summed E-state index contributed by atoms with van der Waals surface area (Å²) in [6.07, 6.45) is 8.74. The molecule has 9 heteroatoms. The second kappa shape index (κ2) is 19.5. The van der Waals surface area contributed by atoms with Gasteiger partial charge in [-0.05, 0) is 43.8 Å². The summed E-state index contributed by atoms with van der Waals surface area (Å²) in [4.78, 5) is 48.5.